The fourth-order valence-corrected chi connectivity index (χ4v) is 2.80. The van der Waals surface area contributed by atoms with Gasteiger partial charge in [-0.3, -0.25) is 9.58 Å². The Balaban J connectivity index is 1.88. The monoisotopic (exact) mass is 303 g/mol. The third kappa shape index (κ3) is 5.11. The highest BCUT2D eigenvalue weighted by Crippen LogP contribution is 2.14. The van der Waals surface area contributed by atoms with E-state index in [9.17, 15) is 5.11 Å². The van der Waals surface area contributed by atoms with E-state index >= 15 is 0 Å². The largest absolute Gasteiger partial charge is 0.390 e. The van der Waals surface area contributed by atoms with Crippen LogP contribution in [-0.2, 0) is 19.7 Å². The Morgan fingerprint density at radius 3 is 2.82 bits per heavy atom. The van der Waals surface area contributed by atoms with E-state index in [2.05, 4.69) is 47.6 Å². The van der Waals surface area contributed by atoms with Crippen LogP contribution in [0, 0.1) is 0 Å². The van der Waals surface area contributed by atoms with Gasteiger partial charge in [-0.1, -0.05) is 23.3 Å². The number of hydrogen-bond donors (Lipinski definition) is 1. The average molecular weight is 303 g/mol. The first-order valence-corrected chi connectivity index (χ1v) is 8.26. The third-order valence-corrected chi connectivity index (χ3v) is 4.09. The lowest BCUT2D eigenvalue weighted by Gasteiger charge is -2.17. The Bertz CT molecular complexity index is 539. The molecule has 1 aromatic rings. The third-order valence-electron chi connectivity index (χ3n) is 4.09. The van der Waals surface area contributed by atoms with Gasteiger partial charge in [0.15, 0.2) is 0 Å². The van der Waals surface area contributed by atoms with Gasteiger partial charge in [-0.25, -0.2) is 0 Å². The van der Waals surface area contributed by atoms with Gasteiger partial charge < -0.3 is 5.11 Å². The Morgan fingerprint density at radius 2 is 2.09 bits per heavy atom. The van der Waals surface area contributed by atoms with Crippen LogP contribution in [0.25, 0.3) is 0 Å². The normalized spacial score (nSPS) is 16.3. The zero-order valence-corrected chi connectivity index (χ0v) is 14.2. The van der Waals surface area contributed by atoms with Crippen molar-refractivity contribution in [3.8, 4) is 0 Å². The minimum atomic E-state index is 0.0311. The number of aliphatic hydroxyl groups excluding tert-OH is 1. The number of aromatic nitrogens is 2. The summed E-state index contributed by atoms with van der Waals surface area (Å²) < 4.78 is 2.05. The molecule has 0 radical (unpaired) electrons. The maximum Gasteiger partial charge on any atom is 0.0882 e. The van der Waals surface area contributed by atoms with Crippen molar-refractivity contribution in [2.75, 3.05) is 13.1 Å². The summed E-state index contributed by atoms with van der Waals surface area (Å²) in [6.45, 7) is 10.5. The van der Waals surface area contributed by atoms with E-state index in [4.69, 9.17) is 0 Å². The molecule has 0 amide bonds. The number of rotatable bonds is 6. The Kier molecular flexibility index (Phi) is 6.40. The Labute approximate surface area is 134 Å². The van der Waals surface area contributed by atoms with Crippen LogP contribution in [0.5, 0.6) is 0 Å². The van der Waals surface area contributed by atoms with Crippen LogP contribution in [0.15, 0.2) is 29.4 Å². The molecule has 4 heteroatoms. The molecule has 0 saturated heterocycles. The van der Waals surface area contributed by atoms with Crippen LogP contribution in [0.1, 0.15) is 51.4 Å². The van der Waals surface area contributed by atoms with E-state index < -0.39 is 0 Å². The first-order valence-electron chi connectivity index (χ1n) is 8.26. The molecular formula is C18H29N3O. The van der Waals surface area contributed by atoms with Crippen molar-refractivity contribution >= 4 is 0 Å². The molecule has 0 unspecified atom stereocenters. The molecule has 2 heterocycles. The van der Waals surface area contributed by atoms with Crippen LogP contribution in [0.4, 0.5) is 0 Å². The molecule has 0 fully saturated rings. The number of fused-ring (bicyclic) bond motifs is 1. The van der Waals surface area contributed by atoms with Crippen LogP contribution in [0.2, 0.25) is 0 Å². The lowest BCUT2D eigenvalue weighted by atomic mass is 10.1. The van der Waals surface area contributed by atoms with Crippen molar-refractivity contribution in [3.05, 3.63) is 40.8 Å². The lowest BCUT2D eigenvalue weighted by molar-refractivity contribution is 0.274. The molecule has 122 valence electrons. The quantitative estimate of drug-likeness (QED) is 0.820. The molecule has 0 atom stereocenters. The molecule has 1 aliphatic rings. The maximum absolute atomic E-state index is 9.22. The van der Waals surface area contributed by atoms with Crippen molar-refractivity contribution in [1.29, 1.82) is 0 Å². The van der Waals surface area contributed by atoms with Gasteiger partial charge in [0.2, 0.25) is 0 Å². The van der Waals surface area contributed by atoms with Crippen molar-refractivity contribution in [1.82, 2.24) is 14.7 Å². The van der Waals surface area contributed by atoms with Crippen LogP contribution in [-0.4, -0.2) is 32.9 Å². The highest BCUT2D eigenvalue weighted by atomic mass is 16.3. The van der Waals surface area contributed by atoms with Gasteiger partial charge in [0.25, 0.3) is 0 Å². The molecule has 0 spiro atoms. The zero-order valence-electron chi connectivity index (χ0n) is 14.2. The predicted octanol–water partition coefficient (Wildman–Crippen LogP) is 3.27. The van der Waals surface area contributed by atoms with E-state index in [1.54, 1.807) is 0 Å². The molecule has 0 bridgehead atoms. The highest BCUT2D eigenvalue weighted by molar-refractivity contribution is 5.11. The van der Waals surface area contributed by atoms with Gasteiger partial charge in [-0.15, -0.1) is 0 Å². The first-order chi connectivity index (χ1) is 10.6. The van der Waals surface area contributed by atoms with E-state index in [0.29, 0.717) is 0 Å². The second-order valence-electron chi connectivity index (χ2n) is 6.47. The molecule has 1 aliphatic heterocycles. The summed E-state index contributed by atoms with van der Waals surface area (Å²) in [6, 6.07) is 2.03. The molecular weight excluding hydrogens is 274 g/mol. The average Bonchev–Trinajstić information content (AvgIpc) is 2.76. The summed E-state index contributed by atoms with van der Waals surface area (Å²) >= 11 is 0. The maximum atomic E-state index is 9.22. The van der Waals surface area contributed by atoms with Gasteiger partial charge in [0, 0.05) is 26.2 Å². The molecule has 1 N–H and O–H groups in total. The topological polar surface area (TPSA) is 41.3 Å². The van der Waals surface area contributed by atoms with E-state index in [0.717, 1.165) is 51.1 Å². The second-order valence-corrected chi connectivity index (χ2v) is 6.47. The number of nitrogens with zero attached hydrogens (tertiary/aromatic N) is 3. The van der Waals surface area contributed by atoms with Crippen LogP contribution in [0.3, 0.4) is 0 Å². The van der Waals surface area contributed by atoms with Gasteiger partial charge in [0.05, 0.1) is 18.0 Å². The summed E-state index contributed by atoms with van der Waals surface area (Å²) in [5, 5.41) is 13.7. The molecule has 22 heavy (non-hydrogen) atoms. The molecule has 1 aromatic heterocycles. The number of allylic oxidation sites excluding steroid dienone is 3. The number of aliphatic hydroxyl groups is 1. The molecule has 0 saturated carbocycles. The Hall–Kier alpha value is -1.39. The minimum absolute atomic E-state index is 0.0311. The van der Waals surface area contributed by atoms with Crippen molar-refractivity contribution in [2.45, 2.75) is 59.7 Å². The smallest absolute Gasteiger partial charge is 0.0882 e. The minimum Gasteiger partial charge on any atom is -0.390 e. The van der Waals surface area contributed by atoms with Gasteiger partial charge in [-0.2, -0.15) is 5.10 Å². The number of aryl methyl sites for hydroxylation is 1. The second kappa shape index (κ2) is 8.30. The lowest BCUT2D eigenvalue weighted by Crippen LogP contribution is -2.23. The first kappa shape index (κ1) is 17.0. The van der Waals surface area contributed by atoms with Crippen molar-refractivity contribution in [3.63, 3.8) is 0 Å². The summed E-state index contributed by atoms with van der Waals surface area (Å²) in [5.74, 6) is 0. The zero-order chi connectivity index (χ0) is 15.9. The Morgan fingerprint density at radius 1 is 1.27 bits per heavy atom. The summed E-state index contributed by atoms with van der Waals surface area (Å²) in [6.07, 6.45) is 8.06. The molecule has 2 rings (SSSR count). The molecule has 4 nitrogen and oxygen atoms in total. The number of hydrogen-bond acceptors (Lipinski definition) is 3. The van der Waals surface area contributed by atoms with E-state index in [1.165, 1.54) is 16.8 Å². The fraction of sp³-hybridized carbons (Fsp3) is 0.611. The van der Waals surface area contributed by atoms with Crippen LogP contribution >= 0.6 is 0 Å². The van der Waals surface area contributed by atoms with E-state index in [1.807, 2.05) is 6.07 Å². The van der Waals surface area contributed by atoms with E-state index in [-0.39, 0.29) is 6.61 Å². The summed E-state index contributed by atoms with van der Waals surface area (Å²) in [4.78, 5) is 2.46. The molecule has 0 aliphatic carbocycles. The fourth-order valence-electron chi connectivity index (χ4n) is 2.80. The van der Waals surface area contributed by atoms with Crippen molar-refractivity contribution in [2.24, 2.45) is 0 Å². The molecule has 0 aromatic carbocycles. The van der Waals surface area contributed by atoms with Gasteiger partial charge in [-0.05, 0) is 46.1 Å². The van der Waals surface area contributed by atoms with Crippen LogP contribution < -0.4 is 0 Å². The SMILES string of the molecule is CC(C)=CCCC(C)=CCN1CCCn2nc(CO)cc2C1. The van der Waals surface area contributed by atoms with Gasteiger partial charge in [0.1, 0.15) is 0 Å². The highest BCUT2D eigenvalue weighted by Gasteiger charge is 2.15. The van der Waals surface area contributed by atoms with Gasteiger partial charge >= 0.3 is 0 Å². The standard InChI is InChI=1S/C18H29N3O/c1-15(2)6-4-7-16(3)8-11-20-9-5-10-21-18(13-20)12-17(14-22)19-21/h6,8,12,22H,4-5,7,9-11,13-14H2,1-3H3. The predicted molar refractivity (Wildman–Crippen MR) is 90.5 cm³/mol. The summed E-state index contributed by atoms with van der Waals surface area (Å²) in [5.41, 5.74) is 4.86. The van der Waals surface area contributed by atoms with Crippen molar-refractivity contribution < 1.29 is 5.11 Å². The summed E-state index contributed by atoms with van der Waals surface area (Å²) in [7, 11) is 0.